The Morgan fingerprint density at radius 2 is 1.64 bits per heavy atom. The summed E-state index contributed by atoms with van der Waals surface area (Å²) in [5.41, 5.74) is 4.53. The molecular weight excluding hydrogens is 524 g/mol. The standard InChI is InChI=1S/C35H40N4O3/c1-25(2)35(41)38-20-19-28-14-10-15-29(39(28)22-26-11-4-3-5-12-26)24-37(23-27-13-6-8-17-32(27)38)34(40)21-31-30-16-7-9-18-33(30)42-36-31/h3-9,11-13,16-18,25,28-29H,10,14-15,19-24H2,1-2H3. The van der Waals surface area contributed by atoms with Crippen LogP contribution in [0.1, 0.15) is 56.4 Å². The summed E-state index contributed by atoms with van der Waals surface area (Å²) in [6, 6.07) is 26.9. The summed E-state index contributed by atoms with van der Waals surface area (Å²) >= 11 is 0. The summed E-state index contributed by atoms with van der Waals surface area (Å²) in [5, 5.41) is 5.14. The van der Waals surface area contributed by atoms with Crippen LogP contribution in [0.4, 0.5) is 5.69 Å². The van der Waals surface area contributed by atoms with Gasteiger partial charge >= 0.3 is 0 Å². The second kappa shape index (κ2) is 12.5. The molecule has 7 heteroatoms. The molecular formula is C35H40N4O3. The van der Waals surface area contributed by atoms with Gasteiger partial charge in [0.2, 0.25) is 11.8 Å². The maximum absolute atomic E-state index is 14.2. The van der Waals surface area contributed by atoms with Crippen molar-refractivity contribution in [2.45, 2.75) is 71.1 Å². The van der Waals surface area contributed by atoms with Gasteiger partial charge in [0, 0.05) is 55.3 Å². The first kappa shape index (κ1) is 28.2. The molecule has 2 bridgehead atoms. The van der Waals surface area contributed by atoms with Crippen molar-refractivity contribution in [2.24, 2.45) is 5.92 Å². The number of para-hydroxylation sites is 2. The van der Waals surface area contributed by atoms with Crippen LogP contribution in [-0.2, 0) is 29.1 Å². The van der Waals surface area contributed by atoms with E-state index in [4.69, 9.17) is 4.52 Å². The molecule has 1 fully saturated rings. The van der Waals surface area contributed by atoms with Crippen molar-refractivity contribution in [1.82, 2.24) is 15.0 Å². The molecule has 0 aliphatic carbocycles. The molecule has 0 spiro atoms. The third kappa shape index (κ3) is 5.97. The Morgan fingerprint density at radius 1 is 0.905 bits per heavy atom. The Hall–Kier alpha value is -3.97. The van der Waals surface area contributed by atoms with Crippen LogP contribution in [0.2, 0.25) is 0 Å². The molecule has 1 saturated heterocycles. The molecule has 7 nitrogen and oxygen atoms in total. The largest absolute Gasteiger partial charge is 0.356 e. The second-order valence-electron chi connectivity index (χ2n) is 12.0. The van der Waals surface area contributed by atoms with Crippen LogP contribution in [-0.4, -0.2) is 51.9 Å². The Labute approximate surface area is 248 Å². The van der Waals surface area contributed by atoms with Gasteiger partial charge in [-0.1, -0.05) is 86.1 Å². The van der Waals surface area contributed by atoms with E-state index in [0.29, 0.717) is 37.0 Å². The van der Waals surface area contributed by atoms with Gasteiger partial charge in [-0.3, -0.25) is 14.5 Å². The molecule has 2 unspecified atom stereocenters. The first-order valence-electron chi connectivity index (χ1n) is 15.3. The Bertz CT molecular complexity index is 1530. The normalized spacial score (nSPS) is 19.9. The fraction of sp³-hybridized carbons (Fsp3) is 0.400. The minimum atomic E-state index is -0.124. The minimum absolute atomic E-state index is 0.0200. The maximum atomic E-state index is 14.2. The number of piperidine rings is 1. The molecule has 0 N–H and O–H groups in total. The summed E-state index contributed by atoms with van der Waals surface area (Å²) in [6.07, 6.45) is 4.31. The molecule has 42 heavy (non-hydrogen) atoms. The van der Waals surface area contributed by atoms with E-state index in [1.807, 2.05) is 66.1 Å². The van der Waals surface area contributed by atoms with Gasteiger partial charge in [0.15, 0.2) is 5.58 Å². The molecule has 2 aliphatic heterocycles. The summed E-state index contributed by atoms with van der Waals surface area (Å²) in [4.78, 5) is 34.4. The summed E-state index contributed by atoms with van der Waals surface area (Å²) in [5.74, 6) is 0.0168. The van der Waals surface area contributed by atoms with Crippen LogP contribution in [0.3, 0.4) is 0 Å². The van der Waals surface area contributed by atoms with E-state index in [-0.39, 0.29) is 30.2 Å². The van der Waals surface area contributed by atoms with Crippen molar-refractivity contribution in [3.8, 4) is 0 Å². The molecule has 3 heterocycles. The summed E-state index contributed by atoms with van der Waals surface area (Å²) in [7, 11) is 0. The third-order valence-corrected chi connectivity index (χ3v) is 8.86. The predicted octanol–water partition coefficient (Wildman–Crippen LogP) is 6.22. The first-order chi connectivity index (χ1) is 20.5. The van der Waals surface area contributed by atoms with Crippen LogP contribution < -0.4 is 4.90 Å². The van der Waals surface area contributed by atoms with Crippen molar-refractivity contribution >= 4 is 28.5 Å². The number of carbonyl (C=O) groups is 2. The van der Waals surface area contributed by atoms with E-state index in [2.05, 4.69) is 46.5 Å². The lowest BCUT2D eigenvalue weighted by Gasteiger charge is -2.44. The molecule has 218 valence electrons. The Balaban J connectivity index is 1.38. The van der Waals surface area contributed by atoms with Gasteiger partial charge in [-0.2, -0.15) is 0 Å². The van der Waals surface area contributed by atoms with Gasteiger partial charge in [0.1, 0.15) is 5.69 Å². The van der Waals surface area contributed by atoms with E-state index in [1.54, 1.807) is 0 Å². The van der Waals surface area contributed by atoms with Gasteiger partial charge in [-0.05, 0) is 48.6 Å². The number of rotatable bonds is 5. The quantitative estimate of drug-likeness (QED) is 0.288. The van der Waals surface area contributed by atoms with E-state index in [9.17, 15) is 9.59 Å². The summed E-state index contributed by atoms with van der Waals surface area (Å²) < 4.78 is 5.53. The van der Waals surface area contributed by atoms with Crippen LogP contribution in [0.15, 0.2) is 83.4 Å². The van der Waals surface area contributed by atoms with Crippen molar-refractivity contribution in [3.05, 3.63) is 95.7 Å². The van der Waals surface area contributed by atoms with E-state index >= 15 is 0 Å². The predicted molar refractivity (Wildman–Crippen MR) is 165 cm³/mol. The fourth-order valence-electron chi connectivity index (χ4n) is 6.66. The second-order valence-corrected chi connectivity index (χ2v) is 12.0. The molecule has 2 aliphatic rings. The SMILES string of the molecule is CC(C)C(=O)N1CCC2CCCC(CN(C(=O)Cc3noc4ccccc34)Cc3ccccc31)N2Cc1ccccc1. The molecule has 3 aromatic carbocycles. The Morgan fingerprint density at radius 3 is 2.48 bits per heavy atom. The van der Waals surface area contributed by atoms with Gasteiger partial charge in [-0.15, -0.1) is 0 Å². The zero-order valence-electron chi connectivity index (χ0n) is 24.6. The smallest absolute Gasteiger partial charge is 0.229 e. The number of carbonyl (C=O) groups excluding carboxylic acids is 2. The molecule has 1 aromatic heterocycles. The molecule has 6 rings (SSSR count). The topological polar surface area (TPSA) is 69.9 Å². The minimum Gasteiger partial charge on any atom is -0.356 e. The number of amides is 2. The molecule has 0 radical (unpaired) electrons. The number of aromatic nitrogens is 1. The highest BCUT2D eigenvalue weighted by atomic mass is 16.5. The third-order valence-electron chi connectivity index (χ3n) is 8.86. The maximum Gasteiger partial charge on any atom is 0.229 e. The Kier molecular flexibility index (Phi) is 8.38. The lowest BCUT2D eigenvalue weighted by Crippen LogP contribution is -2.52. The van der Waals surface area contributed by atoms with Gasteiger partial charge in [-0.25, -0.2) is 0 Å². The van der Waals surface area contributed by atoms with E-state index in [0.717, 1.165) is 48.9 Å². The van der Waals surface area contributed by atoms with Gasteiger partial charge in [0.05, 0.1) is 6.42 Å². The molecule has 0 saturated carbocycles. The van der Waals surface area contributed by atoms with E-state index in [1.165, 1.54) is 5.56 Å². The van der Waals surface area contributed by atoms with Crippen LogP contribution >= 0.6 is 0 Å². The van der Waals surface area contributed by atoms with Crippen LogP contribution in [0.5, 0.6) is 0 Å². The number of nitrogens with zero attached hydrogens (tertiary/aromatic N) is 4. The van der Waals surface area contributed by atoms with Gasteiger partial charge < -0.3 is 14.3 Å². The zero-order chi connectivity index (χ0) is 29.1. The number of anilines is 1. The number of fused-ring (bicyclic) bond motifs is 4. The highest BCUT2D eigenvalue weighted by molar-refractivity contribution is 5.95. The van der Waals surface area contributed by atoms with Crippen molar-refractivity contribution in [1.29, 1.82) is 0 Å². The summed E-state index contributed by atoms with van der Waals surface area (Å²) in [6.45, 7) is 6.49. The highest BCUT2D eigenvalue weighted by Gasteiger charge is 2.35. The fourth-order valence-corrected chi connectivity index (χ4v) is 6.66. The van der Waals surface area contributed by atoms with Crippen molar-refractivity contribution in [3.63, 3.8) is 0 Å². The lowest BCUT2D eigenvalue weighted by molar-refractivity contribution is -0.132. The highest BCUT2D eigenvalue weighted by Crippen LogP contribution is 2.32. The van der Waals surface area contributed by atoms with E-state index < -0.39 is 0 Å². The van der Waals surface area contributed by atoms with Crippen molar-refractivity contribution in [2.75, 3.05) is 18.0 Å². The van der Waals surface area contributed by atoms with Crippen molar-refractivity contribution < 1.29 is 14.1 Å². The van der Waals surface area contributed by atoms with Crippen LogP contribution in [0, 0.1) is 5.92 Å². The first-order valence-corrected chi connectivity index (χ1v) is 15.3. The molecule has 4 aromatic rings. The monoisotopic (exact) mass is 564 g/mol. The number of hydrogen-bond acceptors (Lipinski definition) is 5. The molecule has 2 amide bonds. The average Bonchev–Trinajstić information content (AvgIpc) is 3.41. The number of hydrogen-bond donors (Lipinski definition) is 0. The van der Waals surface area contributed by atoms with Crippen LogP contribution in [0.25, 0.3) is 11.0 Å². The lowest BCUT2D eigenvalue weighted by atomic mass is 9.92. The average molecular weight is 565 g/mol. The van der Waals surface area contributed by atoms with Gasteiger partial charge in [0.25, 0.3) is 0 Å². The number of benzene rings is 3. The zero-order valence-corrected chi connectivity index (χ0v) is 24.6. The molecule has 2 atom stereocenters.